The van der Waals surface area contributed by atoms with Crippen molar-refractivity contribution in [3.63, 3.8) is 0 Å². The van der Waals surface area contributed by atoms with Crippen molar-refractivity contribution in [2.24, 2.45) is 0 Å². The number of phenolic OH excluding ortho intramolecular Hbond substituents is 1. The monoisotopic (exact) mass is 334 g/mol. The molecule has 0 saturated carbocycles. The molecule has 0 spiro atoms. The van der Waals surface area contributed by atoms with Gasteiger partial charge in [0.2, 0.25) is 9.05 Å². The normalized spacial score (nSPS) is 11.9. The number of rotatable bonds is 2. The van der Waals surface area contributed by atoms with Crippen LogP contribution >= 0.6 is 26.6 Å². The highest BCUT2D eigenvalue weighted by atomic mass is 79.9. The van der Waals surface area contributed by atoms with Gasteiger partial charge in [-0.3, -0.25) is 0 Å². The van der Waals surface area contributed by atoms with Gasteiger partial charge in [0.1, 0.15) is 5.75 Å². The van der Waals surface area contributed by atoms with Crippen LogP contribution in [0.3, 0.4) is 0 Å². The lowest BCUT2D eigenvalue weighted by Gasteiger charge is -2.07. The zero-order valence-electron chi connectivity index (χ0n) is 8.52. The molecule has 0 atom stereocenters. The summed E-state index contributed by atoms with van der Waals surface area (Å²) in [6, 6.07) is 8.56. The molecule has 0 saturated heterocycles. The first-order chi connectivity index (χ1) is 7.87. The smallest absolute Gasteiger partial charge is 0.236 e. The highest BCUT2D eigenvalue weighted by molar-refractivity contribution is 9.10. The van der Waals surface area contributed by atoms with Crippen LogP contribution in [0.15, 0.2) is 34.8 Å². The van der Waals surface area contributed by atoms with Crippen molar-refractivity contribution in [2.45, 2.75) is 5.75 Å². The Bertz CT molecular complexity index is 682. The number of phenols is 1. The van der Waals surface area contributed by atoms with E-state index in [-0.39, 0.29) is 11.5 Å². The molecule has 0 heterocycles. The Hall–Kier alpha value is -0.780. The fourth-order valence-electron chi connectivity index (χ4n) is 1.68. The predicted octanol–water partition coefficient (Wildman–Crippen LogP) is 3.38. The molecule has 17 heavy (non-hydrogen) atoms. The van der Waals surface area contributed by atoms with E-state index in [2.05, 4.69) is 15.9 Å². The molecule has 0 aliphatic carbocycles. The van der Waals surface area contributed by atoms with Crippen LogP contribution in [-0.2, 0) is 14.8 Å². The lowest BCUT2D eigenvalue weighted by Crippen LogP contribution is -1.96. The molecule has 6 heteroatoms. The number of hydrogen-bond acceptors (Lipinski definition) is 3. The van der Waals surface area contributed by atoms with Crippen molar-refractivity contribution in [3.8, 4) is 5.75 Å². The average molecular weight is 336 g/mol. The van der Waals surface area contributed by atoms with E-state index in [1.807, 2.05) is 6.07 Å². The molecule has 0 unspecified atom stereocenters. The van der Waals surface area contributed by atoms with Crippen LogP contribution in [0.5, 0.6) is 5.75 Å². The summed E-state index contributed by atoms with van der Waals surface area (Å²) in [7, 11) is 1.52. The van der Waals surface area contributed by atoms with Gasteiger partial charge in [-0.15, -0.1) is 0 Å². The summed E-state index contributed by atoms with van der Waals surface area (Å²) in [6.45, 7) is 0. The first kappa shape index (κ1) is 12.7. The van der Waals surface area contributed by atoms with Gasteiger partial charge in [-0.1, -0.05) is 28.1 Å². The number of halogens is 2. The van der Waals surface area contributed by atoms with Crippen molar-refractivity contribution in [2.75, 3.05) is 0 Å². The van der Waals surface area contributed by atoms with Gasteiger partial charge in [0.15, 0.2) is 0 Å². The molecule has 2 rings (SSSR count). The van der Waals surface area contributed by atoms with Gasteiger partial charge in [0.25, 0.3) is 0 Å². The van der Waals surface area contributed by atoms with E-state index in [0.717, 1.165) is 9.86 Å². The highest BCUT2D eigenvalue weighted by Crippen LogP contribution is 2.31. The molecule has 0 radical (unpaired) electrons. The maximum absolute atomic E-state index is 11.1. The fraction of sp³-hybridized carbons (Fsp3) is 0.0909. The van der Waals surface area contributed by atoms with E-state index in [1.54, 1.807) is 18.2 Å². The third kappa shape index (κ3) is 2.91. The van der Waals surface area contributed by atoms with Crippen molar-refractivity contribution in [1.29, 1.82) is 0 Å². The lowest BCUT2D eigenvalue weighted by molar-refractivity contribution is 0.471. The minimum atomic E-state index is -3.70. The van der Waals surface area contributed by atoms with Crippen molar-refractivity contribution >= 4 is 46.4 Å². The molecule has 3 nitrogen and oxygen atoms in total. The van der Waals surface area contributed by atoms with Gasteiger partial charge < -0.3 is 5.11 Å². The molecule has 0 aliphatic rings. The molecule has 90 valence electrons. The van der Waals surface area contributed by atoms with E-state index in [4.69, 9.17) is 10.7 Å². The molecule has 2 aromatic carbocycles. The largest absolute Gasteiger partial charge is 0.508 e. The second-order valence-electron chi connectivity index (χ2n) is 3.61. The second-order valence-corrected chi connectivity index (χ2v) is 7.30. The first-order valence-corrected chi connectivity index (χ1v) is 7.96. The van der Waals surface area contributed by atoms with Gasteiger partial charge in [0, 0.05) is 20.7 Å². The summed E-state index contributed by atoms with van der Waals surface area (Å²) >= 11 is 3.33. The number of fused-ring (bicyclic) bond motifs is 1. The van der Waals surface area contributed by atoms with Crippen molar-refractivity contribution < 1.29 is 13.5 Å². The number of benzene rings is 2. The van der Waals surface area contributed by atoms with E-state index in [0.29, 0.717) is 10.9 Å². The van der Waals surface area contributed by atoms with E-state index in [9.17, 15) is 13.5 Å². The van der Waals surface area contributed by atoms with Gasteiger partial charge in [-0.05, 0) is 29.0 Å². The molecule has 0 amide bonds. The van der Waals surface area contributed by atoms with Crippen LogP contribution < -0.4 is 0 Å². The molecule has 2 aromatic rings. The average Bonchev–Trinajstić information content (AvgIpc) is 2.21. The Morgan fingerprint density at radius 3 is 2.59 bits per heavy atom. The zero-order valence-corrected chi connectivity index (χ0v) is 11.7. The summed E-state index contributed by atoms with van der Waals surface area (Å²) < 4.78 is 23.1. The SMILES string of the molecule is O=S(=O)(Cl)Cc1c(O)ccc2cc(Br)ccc12. The third-order valence-corrected chi connectivity index (χ3v) is 3.84. The van der Waals surface area contributed by atoms with Gasteiger partial charge in [-0.25, -0.2) is 8.42 Å². The van der Waals surface area contributed by atoms with E-state index < -0.39 is 9.05 Å². The van der Waals surface area contributed by atoms with E-state index in [1.165, 1.54) is 6.07 Å². The Morgan fingerprint density at radius 2 is 1.94 bits per heavy atom. The Kier molecular flexibility index (Phi) is 3.34. The van der Waals surface area contributed by atoms with E-state index >= 15 is 0 Å². The summed E-state index contributed by atoms with van der Waals surface area (Å²) in [5.74, 6) is -0.455. The fourth-order valence-corrected chi connectivity index (χ4v) is 3.03. The maximum atomic E-state index is 11.1. The van der Waals surface area contributed by atoms with Crippen LogP contribution in [0, 0.1) is 0 Å². The number of aromatic hydroxyl groups is 1. The third-order valence-electron chi connectivity index (χ3n) is 2.39. The maximum Gasteiger partial charge on any atom is 0.236 e. The molecular formula is C11H8BrClO3S. The molecule has 1 N–H and O–H groups in total. The molecule has 0 aromatic heterocycles. The minimum absolute atomic E-state index is 0.0657. The lowest BCUT2D eigenvalue weighted by atomic mass is 10.0. The Morgan fingerprint density at radius 1 is 1.24 bits per heavy atom. The standard InChI is InChI=1S/C11H8BrClO3S/c12-8-2-3-9-7(5-8)1-4-11(14)10(9)6-17(13,15)16/h1-5,14H,6H2. The van der Waals surface area contributed by atoms with Crippen LogP contribution in [0.1, 0.15) is 5.56 Å². The van der Waals surface area contributed by atoms with Crippen LogP contribution in [0.4, 0.5) is 0 Å². The Labute approximate surface area is 112 Å². The topological polar surface area (TPSA) is 54.4 Å². The van der Waals surface area contributed by atoms with Crippen LogP contribution in [0.2, 0.25) is 0 Å². The van der Waals surface area contributed by atoms with Crippen LogP contribution in [-0.4, -0.2) is 13.5 Å². The minimum Gasteiger partial charge on any atom is -0.508 e. The van der Waals surface area contributed by atoms with Gasteiger partial charge in [-0.2, -0.15) is 0 Å². The van der Waals surface area contributed by atoms with Gasteiger partial charge in [0.05, 0.1) is 5.75 Å². The summed E-state index contributed by atoms with van der Waals surface area (Å²) in [5, 5.41) is 11.2. The summed E-state index contributed by atoms with van der Waals surface area (Å²) in [5.41, 5.74) is 0.324. The molecule has 0 fully saturated rings. The second kappa shape index (κ2) is 4.48. The quantitative estimate of drug-likeness (QED) is 0.856. The number of hydrogen-bond donors (Lipinski definition) is 1. The highest BCUT2D eigenvalue weighted by Gasteiger charge is 2.14. The van der Waals surface area contributed by atoms with Crippen molar-refractivity contribution in [1.82, 2.24) is 0 Å². The summed E-state index contributed by atoms with van der Waals surface area (Å²) in [6.07, 6.45) is 0. The predicted molar refractivity (Wildman–Crippen MR) is 71.8 cm³/mol. The molecule has 0 aliphatic heterocycles. The zero-order chi connectivity index (χ0) is 12.6. The first-order valence-electron chi connectivity index (χ1n) is 4.69. The van der Waals surface area contributed by atoms with Gasteiger partial charge >= 0.3 is 0 Å². The Balaban J connectivity index is 2.72. The summed E-state index contributed by atoms with van der Waals surface area (Å²) in [4.78, 5) is 0. The molecule has 0 bridgehead atoms. The van der Waals surface area contributed by atoms with Crippen LogP contribution in [0.25, 0.3) is 10.8 Å². The van der Waals surface area contributed by atoms with Crippen molar-refractivity contribution in [3.05, 3.63) is 40.4 Å². The molecular weight excluding hydrogens is 328 g/mol.